The number of aromatic nitrogens is 1. The van der Waals surface area contributed by atoms with Gasteiger partial charge in [-0.15, -0.1) is 0 Å². The van der Waals surface area contributed by atoms with Gasteiger partial charge in [-0.3, -0.25) is 9.36 Å². The minimum Gasteiger partial charge on any atom is -0.493 e. The van der Waals surface area contributed by atoms with Crippen LogP contribution in [0, 0.1) is 18.3 Å². The highest BCUT2D eigenvalue weighted by molar-refractivity contribution is 5.46. The fourth-order valence-corrected chi connectivity index (χ4v) is 2.08. The average molecular weight is 269 g/mol. The molecule has 5 heteroatoms. The first-order valence-corrected chi connectivity index (χ1v) is 6.21. The lowest BCUT2D eigenvalue weighted by atomic mass is 10.1. The summed E-state index contributed by atoms with van der Waals surface area (Å²) < 4.78 is 1.17. The summed E-state index contributed by atoms with van der Waals surface area (Å²) in [7, 11) is 0. The Morgan fingerprint density at radius 1 is 1.35 bits per heavy atom. The molecule has 0 spiro atoms. The molecule has 1 unspecified atom stereocenters. The summed E-state index contributed by atoms with van der Waals surface area (Å²) in [4.78, 5) is 12.0. The summed E-state index contributed by atoms with van der Waals surface area (Å²) in [6.07, 6.45) is -0.474. The Morgan fingerprint density at radius 3 is 2.60 bits per heavy atom. The third-order valence-electron chi connectivity index (χ3n) is 3.07. The van der Waals surface area contributed by atoms with Crippen molar-refractivity contribution in [3.63, 3.8) is 0 Å². The van der Waals surface area contributed by atoms with Gasteiger partial charge in [0, 0.05) is 11.8 Å². The van der Waals surface area contributed by atoms with Gasteiger partial charge in [0.1, 0.15) is 17.8 Å². The van der Waals surface area contributed by atoms with E-state index < -0.39 is 6.17 Å². The number of hydrogen-bond acceptors (Lipinski definition) is 4. The number of pyridine rings is 1. The number of para-hydroxylation sites is 1. The van der Waals surface area contributed by atoms with E-state index in [0.29, 0.717) is 5.56 Å². The van der Waals surface area contributed by atoms with Crippen molar-refractivity contribution in [3.05, 3.63) is 57.9 Å². The van der Waals surface area contributed by atoms with Gasteiger partial charge >= 0.3 is 0 Å². The predicted molar refractivity (Wildman–Crippen MR) is 76.6 cm³/mol. The monoisotopic (exact) mass is 269 g/mol. The molecule has 0 bridgehead atoms. The maximum atomic E-state index is 12.0. The predicted octanol–water partition coefficient (Wildman–Crippen LogP) is 2.36. The molecule has 102 valence electrons. The second-order valence-corrected chi connectivity index (χ2v) is 4.53. The molecular formula is C15H15N3O2. The van der Waals surface area contributed by atoms with Crippen molar-refractivity contribution in [3.8, 4) is 11.9 Å². The molecule has 2 N–H and O–H groups in total. The number of benzene rings is 1. The van der Waals surface area contributed by atoms with Crippen LogP contribution in [-0.2, 0) is 0 Å². The number of nitrogens with zero attached hydrogens (tertiary/aromatic N) is 2. The van der Waals surface area contributed by atoms with Crippen LogP contribution in [0.4, 0.5) is 5.69 Å². The first-order valence-electron chi connectivity index (χ1n) is 6.21. The van der Waals surface area contributed by atoms with Crippen molar-refractivity contribution in [1.82, 2.24) is 4.57 Å². The van der Waals surface area contributed by atoms with Gasteiger partial charge in [0.25, 0.3) is 5.56 Å². The van der Waals surface area contributed by atoms with Gasteiger partial charge in [0.05, 0.1) is 0 Å². The topological polar surface area (TPSA) is 78.1 Å². The average Bonchev–Trinajstić information content (AvgIpc) is 2.39. The van der Waals surface area contributed by atoms with Crippen LogP contribution in [0.15, 0.2) is 41.2 Å². The van der Waals surface area contributed by atoms with Crippen LogP contribution in [0.2, 0.25) is 0 Å². The van der Waals surface area contributed by atoms with Crippen LogP contribution in [0.3, 0.4) is 0 Å². The van der Waals surface area contributed by atoms with E-state index in [4.69, 9.17) is 5.26 Å². The molecule has 0 amide bonds. The number of rotatable bonds is 3. The molecule has 0 saturated carbocycles. The second-order valence-electron chi connectivity index (χ2n) is 4.53. The van der Waals surface area contributed by atoms with E-state index in [1.807, 2.05) is 36.4 Å². The number of aryl methyl sites for hydroxylation is 1. The summed E-state index contributed by atoms with van der Waals surface area (Å²) in [6.45, 7) is 3.36. The van der Waals surface area contributed by atoms with Crippen LogP contribution in [0.25, 0.3) is 0 Å². The highest BCUT2D eigenvalue weighted by Crippen LogP contribution is 2.22. The van der Waals surface area contributed by atoms with E-state index in [1.54, 1.807) is 13.8 Å². The molecule has 1 aromatic carbocycles. The Balaban J connectivity index is 2.43. The molecule has 0 aliphatic carbocycles. The van der Waals surface area contributed by atoms with Crippen molar-refractivity contribution >= 4 is 5.69 Å². The third-order valence-corrected chi connectivity index (χ3v) is 3.07. The molecule has 2 rings (SSSR count). The van der Waals surface area contributed by atoms with Crippen molar-refractivity contribution in [1.29, 1.82) is 5.26 Å². The van der Waals surface area contributed by atoms with Gasteiger partial charge in [-0.05, 0) is 31.5 Å². The highest BCUT2D eigenvalue weighted by Gasteiger charge is 2.16. The van der Waals surface area contributed by atoms with E-state index in [-0.39, 0.29) is 17.0 Å². The fraction of sp³-hybridized carbons (Fsp3) is 0.200. The van der Waals surface area contributed by atoms with Crippen LogP contribution in [0.5, 0.6) is 5.88 Å². The molecule has 0 aliphatic heterocycles. The normalized spacial score (nSPS) is 11.7. The Bertz CT molecular complexity index is 714. The molecular weight excluding hydrogens is 254 g/mol. The van der Waals surface area contributed by atoms with E-state index in [1.165, 1.54) is 10.6 Å². The summed E-state index contributed by atoms with van der Waals surface area (Å²) in [5.74, 6) is -0.312. The van der Waals surface area contributed by atoms with Gasteiger partial charge in [-0.2, -0.15) is 5.26 Å². The molecule has 1 atom stereocenters. The third kappa shape index (κ3) is 2.50. The van der Waals surface area contributed by atoms with Gasteiger partial charge < -0.3 is 10.4 Å². The molecule has 5 nitrogen and oxygen atoms in total. The van der Waals surface area contributed by atoms with Crippen LogP contribution in [-0.4, -0.2) is 9.67 Å². The zero-order valence-electron chi connectivity index (χ0n) is 11.3. The Kier molecular flexibility index (Phi) is 3.76. The number of nitrogens with one attached hydrogen (secondary N) is 1. The summed E-state index contributed by atoms with van der Waals surface area (Å²) in [5.41, 5.74) is 1.06. The van der Waals surface area contributed by atoms with Crippen molar-refractivity contribution in [2.24, 2.45) is 0 Å². The summed E-state index contributed by atoms with van der Waals surface area (Å²) in [5, 5.41) is 22.2. The minimum atomic E-state index is -0.474. The molecule has 1 heterocycles. The zero-order chi connectivity index (χ0) is 14.7. The van der Waals surface area contributed by atoms with Gasteiger partial charge in [-0.1, -0.05) is 18.2 Å². The Morgan fingerprint density at radius 2 is 2.00 bits per heavy atom. The van der Waals surface area contributed by atoms with Gasteiger partial charge in [-0.25, -0.2) is 0 Å². The molecule has 20 heavy (non-hydrogen) atoms. The highest BCUT2D eigenvalue weighted by atomic mass is 16.3. The lowest BCUT2D eigenvalue weighted by Crippen LogP contribution is -2.28. The summed E-state index contributed by atoms with van der Waals surface area (Å²) >= 11 is 0. The first kappa shape index (κ1) is 13.7. The second kappa shape index (κ2) is 5.49. The maximum Gasteiger partial charge on any atom is 0.255 e. The van der Waals surface area contributed by atoms with Gasteiger partial charge in [0.2, 0.25) is 5.88 Å². The maximum absolute atomic E-state index is 12.0. The molecule has 0 radical (unpaired) electrons. The van der Waals surface area contributed by atoms with Crippen molar-refractivity contribution in [2.45, 2.75) is 20.0 Å². The van der Waals surface area contributed by atoms with E-state index in [0.717, 1.165) is 5.69 Å². The summed E-state index contributed by atoms with van der Waals surface area (Å²) in [6, 6.07) is 12.6. The molecule has 0 fully saturated rings. The van der Waals surface area contributed by atoms with Gasteiger partial charge in [0.15, 0.2) is 0 Å². The van der Waals surface area contributed by atoms with Crippen molar-refractivity contribution < 1.29 is 5.11 Å². The Hall–Kier alpha value is -2.74. The van der Waals surface area contributed by atoms with E-state index in [9.17, 15) is 9.90 Å². The lowest BCUT2D eigenvalue weighted by Gasteiger charge is -2.20. The fourth-order valence-electron chi connectivity index (χ4n) is 2.08. The smallest absolute Gasteiger partial charge is 0.255 e. The van der Waals surface area contributed by atoms with Crippen LogP contribution >= 0.6 is 0 Å². The largest absolute Gasteiger partial charge is 0.493 e. The van der Waals surface area contributed by atoms with E-state index >= 15 is 0 Å². The SMILES string of the molecule is Cc1cc(=O)n(C(C)Nc2ccccc2)c(O)c1C#N. The number of hydrogen-bond donors (Lipinski definition) is 2. The number of nitriles is 1. The molecule has 0 aliphatic rings. The minimum absolute atomic E-state index is 0.117. The molecule has 2 aromatic rings. The van der Waals surface area contributed by atoms with Crippen LogP contribution in [0.1, 0.15) is 24.2 Å². The standard InChI is InChI=1S/C15H15N3O2/c1-10-8-14(19)18(15(20)13(10)9-16)11(2)17-12-6-4-3-5-7-12/h3-8,11,17,20H,1-2H3. The zero-order valence-corrected chi connectivity index (χ0v) is 11.3. The quantitative estimate of drug-likeness (QED) is 0.896. The Labute approximate surface area is 116 Å². The number of aromatic hydroxyl groups is 1. The number of anilines is 1. The molecule has 1 aromatic heterocycles. The lowest BCUT2D eigenvalue weighted by molar-refractivity contribution is 0.389. The van der Waals surface area contributed by atoms with Crippen LogP contribution < -0.4 is 10.9 Å². The first-order chi connectivity index (χ1) is 9.54. The van der Waals surface area contributed by atoms with E-state index in [2.05, 4.69) is 5.32 Å². The molecule has 0 saturated heterocycles. The van der Waals surface area contributed by atoms with Crippen molar-refractivity contribution in [2.75, 3.05) is 5.32 Å².